The highest BCUT2D eigenvalue weighted by Gasteiger charge is 2.29. The molecule has 0 saturated carbocycles. The number of nitrogens with one attached hydrogen (secondary N) is 1. The molecule has 1 unspecified atom stereocenters. The Kier molecular flexibility index (Phi) is 8.00. The summed E-state index contributed by atoms with van der Waals surface area (Å²) in [5.74, 6) is 1.20. The van der Waals surface area contributed by atoms with Gasteiger partial charge in [0.2, 0.25) is 5.91 Å². The normalized spacial score (nSPS) is 20.2. The highest BCUT2D eigenvalue weighted by atomic mass is 35.5. The lowest BCUT2D eigenvalue weighted by Gasteiger charge is -2.37. The molecule has 2 aliphatic rings. The van der Waals surface area contributed by atoms with E-state index in [0.717, 1.165) is 63.5 Å². The van der Waals surface area contributed by atoms with E-state index in [0.29, 0.717) is 6.61 Å². The van der Waals surface area contributed by atoms with Gasteiger partial charge in [0.05, 0.1) is 11.7 Å². The van der Waals surface area contributed by atoms with Gasteiger partial charge in [0, 0.05) is 32.7 Å². The van der Waals surface area contributed by atoms with Gasteiger partial charge < -0.3 is 24.8 Å². The monoisotopic (exact) mass is 382 g/mol. The van der Waals surface area contributed by atoms with Crippen LogP contribution in [-0.2, 0) is 4.79 Å². The zero-order valence-electron chi connectivity index (χ0n) is 15.8. The molecular weight excluding hydrogens is 352 g/mol. The maximum absolute atomic E-state index is 12.5. The smallest absolute Gasteiger partial charge is 0.239 e. The van der Waals surface area contributed by atoms with Crippen molar-refractivity contribution in [3.8, 4) is 5.75 Å². The summed E-state index contributed by atoms with van der Waals surface area (Å²) in [6, 6.07) is 8.24. The molecular formula is C19H31ClN4O2. The van der Waals surface area contributed by atoms with E-state index in [1.54, 1.807) is 0 Å². The van der Waals surface area contributed by atoms with E-state index in [2.05, 4.69) is 21.2 Å². The van der Waals surface area contributed by atoms with Crippen molar-refractivity contribution in [2.24, 2.45) is 0 Å². The number of nitrogens with zero attached hydrogens (tertiary/aromatic N) is 3. The number of carbonyl (C=O) groups excluding carboxylic acids is 1. The first-order chi connectivity index (χ1) is 12.1. The number of amides is 1. The van der Waals surface area contributed by atoms with Crippen molar-refractivity contribution in [1.82, 2.24) is 15.1 Å². The molecule has 1 aromatic carbocycles. The van der Waals surface area contributed by atoms with Crippen LogP contribution in [0.2, 0.25) is 0 Å². The first kappa shape index (κ1) is 20.8. The van der Waals surface area contributed by atoms with Crippen molar-refractivity contribution in [3.63, 3.8) is 0 Å². The summed E-state index contributed by atoms with van der Waals surface area (Å²) in [5.41, 5.74) is 1.13. The second kappa shape index (κ2) is 10.00. The molecule has 146 valence electrons. The van der Waals surface area contributed by atoms with Crippen LogP contribution in [0, 0.1) is 0 Å². The fraction of sp³-hybridized carbons (Fsp3) is 0.632. The Morgan fingerprint density at radius 1 is 1.23 bits per heavy atom. The molecule has 2 saturated heterocycles. The van der Waals surface area contributed by atoms with E-state index >= 15 is 0 Å². The van der Waals surface area contributed by atoms with Crippen LogP contribution in [-0.4, -0.2) is 81.7 Å². The topological polar surface area (TPSA) is 48.1 Å². The highest BCUT2D eigenvalue weighted by molar-refractivity contribution is 5.85. The van der Waals surface area contributed by atoms with Gasteiger partial charge in [0.15, 0.2) is 0 Å². The van der Waals surface area contributed by atoms with Gasteiger partial charge in [-0.2, -0.15) is 0 Å². The lowest BCUT2D eigenvalue weighted by Crippen LogP contribution is -2.53. The summed E-state index contributed by atoms with van der Waals surface area (Å²) in [6.07, 6.45) is 2.08. The van der Waals surface area contributed by atoms with Gasteiger partial charge in [-0.3, -0.25) is 4.79 Å². The minimum Gasteiger partial charge on any atom is -0.490 e. The molecule has 2 fully saturated rings. The van der Waals surface area contributed by atoms with Crippen LogP contribution in [0.5, 0.6) is 5.75 Å². The van der Waals surface area contributed by atoms with E-state index in [4.69, 9.17) is 4.74 Å². The molecule has 0 aromatic heterocycles. The van der Waals surface area contributed by atoms with Crippen LogP contribution in [0.15, 0.2) is 24.3 Å². The predicted molar refractivity (Wildman–Crippen MR) is 108 cm³/mol. The zero-order chi connectivity index (χ0) is 17.6. The second-order valence-corrected chi connectivity index (χ2v) is 7.08. The molecule has 0 radical (unpaired) electrons. The van der Waals surface area contributed by atoms with Crippen molar-refractivity contribution in [3.05, 3.63) is 24.3 Å². The van der Waals surface area contributed by atoms with Gasteiger partial charge in [0.25, 0.3) is 0 Å². The van der Waals surface area contributed by atoms with Gasteiger partial charge in [-0.05, 0) is 45.6 Å². The molecule has 3 rings (SSSR count). The lowest BCUT2D eigenvalue weighted by atomic mass is 10.1. The average Bonchev–Trinajstić information content (AvgIpc) is 3.16. The van der Waals surface area contributed by atoms with Crippen LogP contribution in [0.1, 0.15) is 12.8 Å². The average molecular weight is 383 g/mol. The molecule has 1 N–H and O–H groups in total. The van der Waals surface area contributed by atoms with E-state index < -0.39 is 0 Å². The summed E-state index contributed by atoms with van der Waals surface area (Å²) in [5, 5.41) is 3.31. The fourth-order valence-corrected chi connectivity index (χ4v) is 3.46. The molecule has 2 heterocycles. The number of rotatable bonds is 6. The molecule has 26 heavy (non-hydrogen) atoms. The third-order valence-corrected chi connectivity index (χ3v) is 4.95. The Morgan fingerprint density at radius 2 is 1.96 bits per heavy atom. The van der Waals surface area contributed by atoms with E-state index in [9.17, 15) is 4.79 Å². The quantitative estimate of drug-likeness (QED) is 0.807. The number of halogens is 1. The van der Waals surface area contributed by atoms with Crippen LogP contribution in [0.4, 0.5) is 5.69 Å². The summed E-state index contributed by atoms with van der Waals surface area (Å²) in [6.45, 7) is 5.81. The molecule has 0 bridgehead atoms. The number of carbonyl (C=O) groups is 1. The number of hydrogen-bond acceptors (Lipinski definition) is 5. The first-order valence-electron chi connectivity index (χ1n) is 9.29. The molecule has 1 amide bonds. The number of piperazine rings is 1. The highest BCUT2D eigenvalue weighted by Crippen LogP contribution is 2.29. The minimum absolute atomic E-state index is 0. The fourth-order valence-electron chi connectivity index (χ4n) is 3.46. The standard InChI is InChI=1S/C19H30N4O2.ClH/c1-21(2)14-15-25-18-8-4-3-7-17(18)22-10-12-23(13-11-22)19(24)16-6-5-9-20-16;/h3-4,7-8,16,20H,5-6,9-15H2,1-2H3;1H. The van der Waals surface area contributed by atoms with Crippen molar-refractivity contribution < 1.29 is 9.53 Å². The Hall–Kier alpha value is -1.50. The second-order valence-electron chi connectivity index (χ2n) is 7.08. The number of hydrogen-bond donors (Lipinski definition) is 1. The zero-order valence-corrected chi connectivity index (χ0v) is 16.6. The van der Waals surface area contributed by atoms with Crippen LogP contribution < -0.4 is 15.0 Å². The van der Waals surface area contributed by atoms with Crippen molar-refractivity contribution in [2.75, 3.05) is 64.9 Å². The maximum atomic E-state index is 12.5. The van der Waals surface area contributed by atoms with Gasteiger partial charge in [0.1, 0.15) is 12.4 Å². The van der Waals surface area contributed by atoms with Crippen LogP contribution in [0.25, 0.3) is 0 Å². The lowest BCUT2D eigenvalue weighted by molar-refractivity contribution is -0.133. The van der Waals surface area contributed by atoms with Gasteiger partial charge in [-0.15, -0.1) is 12.4 Å². The van der Waals surface area contributed by atoms with Gasteiger partial charge in [-0.1, -0.05) is 12.1 Å². The maximum Gasteiger partial charge on any atom is 0.239 e. The molecule has 0 aliphatic carbocycles. The van der Waals surface area contributed by atoms with Gasteiger partial charge in [-0.25, -0.2) is 0 Å². The number of anilines is 1. The number of ether oxygens (including phenoxy) is 1. The third kappa shape index (κ3) is 5.25. The van der Waals surface area contributed by atoms with Crippen LogP contribution in [0.3, 0.4) is 0 Å². The van der Waals surface area contributed by atoms with E-state index in [1.165, 1.54) is 0 Å². The molecule has 7 heteroatoms. The number of para-hydroxylation sites is 2. The Balaban J connectivity index is 0.00000243. The minimum atomic E-state index is 0. The summed E-state index contributed by atoms with van der Waals surface area (Å²) in [7, 11) is 4.09. The van der Waals surface area contributed by atoms with Crippen molar-refractivity contribution >= 4 is 24.0 Å². The number of likely N-dealkylation sites (N-methyl/N-ethyl adjacent to an activating group) is 1. The first-order valence-corrected chi connectivity index (χ1v) is 9.29. The van der Waals surface area contributed by atoms with E-state index in [1.807, 2.05) is 37.2 Å². The molecule has 6 nitrogen and oxygen atoms in total. The summed E-state index contributed by atoms with van der Waals surface area (Å²) in [4.78, 5) is 19.0. The Morgan fingerprint density at radius 3 is 2.62 bits per heavy atom. The van der Waals surface area contributed by atoms with Crippen molar-refractivity contribution in [2.45, 2.75) is 18.9 Å². The molecule has 1 atom stereocenters. The Bertz CT molecular complexity index is 570. The van der Waals surface area contributed by atoms with Crippen LogP contribution >= 0.6 is 12.4 Å². The van der Waals surface area contributed by atoms with E-state index in [-0.39, 0.29) is 24.4 Å². The summed E-state index contributed by atoms with van der Waals surface area (Å²) >= 11 is 0. The number of benzene rings is 1. The summed E-state index contributed by atoms with van der Waals surface area (Å²) < 4.78 is 5.98. The molecule has 1 aromatic rings. The van der Waals surface area contributed by atoms with Gasteiger partial charge >= 0.3 is 0 Å². The third-order valence-electron chi connectivity index (χ3n) is 4.95. The molecule has 0 spiro atoms. The predicted octanol–water partition coefficient (Wildman–Crippen LogP) is 1.45. The molecule has 2 aliphatic heterocycles. The SMILES string of the molecule is CN(C)CCOc1ccccc1N1CCN(C(=O)C2CCCN2)CC1.Cl. The Labute approximate surface area is 162 Å². The largest absolute Gasteiger partial charge is 0.490 e. The van der Waals surface area contributed by atoms with Crippen molar-refractivity contribution in [1.29, 1.82) is 0 Å².